The summed E-state index contributed by atoms with van der Waals surface area (Å²) in [6, 6.07) is 16.4. The Balaban J connectivity index is 1.48. The van der Waals surface area contributed by atoms with Crippen molar-refractivity contribution in [2.24, 2.45) is 0 Å². The summed E-state index contributed by atoms with van der Waals surface area (Å²) in [6.07, 6.45) is 0.558. The van der Waals surface area contributed by atoms with Crippen LogP contribution in [0.1, 0.15) is 5.82 Å². The molecule has 0 radical (unpaired) electrons. The van der Waals surface area contributed by atoms with Gasteiger partial charge in [-0.1, -0.05) is 48.0 Å². The van der Waals surface area contributed by atoms with Crippen LogP contribution >= 0.6 is 11.6 Å². The molecule has 0 bridgehead atoms. The molecule has 2 aromatic carbocycles. The molecule has 0 aliphatic carbocycles. The van der Waals surface area contributed by atoms with Crippen molar-refractivity contribution < 1.29 is 4.79 Å². The number of hydrogen-bond donors (Lipinski definition) is 3. The van der Waals surface area contributed by atoms with Gasteiger partial charge in [0.1, 0.15) is 5.82 Å². The van der Waals surface area contributed by atoms with Crippen LogP contribution in [0.5, 0.6) is 0 Å². The number of nitrogens with zero attached hydrogens (tertiary/aromatic N) is 2. The summed E-state index contributed by atoms with van der Waals surface area (Å²) in [5.41, 5.74) is 1.60. The molecule has 2 amide bonds. The first kappa shape index (κ1) is 16.0. The Bertz CT molecular complexity index is 819. The summed E-state index contributed by atoms with van der Waals surface area (Å²) in [5.74, 6) is 1.37. The first-order valence-corrected chi connectivity index (χ1v) is 7.85. The zero-order valence-corrected chi connectivity index (χ0v) is 13.5. The number of halogens is 1. The lowest BCUT2D eigenvalue weighted by Gasteiger charge is -2.06. The molecule has 122 valence electrons. The fourth-order valence-electron chi connectivity index (χ4n) is 2.16. The minimum Gasteiger partial charge on any atom is -0.337 e. The zero-order valence-electron chi connectivity index (χ0n) is 12.8. The van der Waals surface area contributed by atoms with Crippen LogP contribution in [0, 0.1) is 0 Å². The van der Waals surface area contributed by atoms with Crippen LogP contribution in [-0.4, -0.2) is 27.8 Å². The lowest BCUT2D eigenvalue weighted by molar-refractivity contribution is 0.252. The molecule has 1 heterocycles. The molecule has 0 atom stereocenters. The molecule has 0 aliphatic heterocycles. The lowest BCUT2D eigenvalue weighted by Crippen LogP contribution is -2.30. The number of urea groups is 1. The number of aromatic nitrogens is 3. The Morgan fingerprint density at radius 1 is 1.12 bits per heavy atom. The smallest absolute Gasteiger partial charge is 0.319 e. The van der Waals surface area contributed by atoms with E-state index in [2.05, 4.69) is 25.8 Å². The zero-order chi connectivity index (χ0) is 16.8. The molecule has 3 aromatic rings. The van der Waals surface area contributed by atoms with E-state index in [4.69, 9.17) is 11.6 Å². The summed E-state index contributed by atoms with van der Waals surface area (Å²) in [7, 11) is 0. The van der Waals surface area contributed by atoms with E-state index in [1.54, 1.807) is 24.3 Å². The van der Waals surface area contributed by atoms with E-state index in [0.717, 1.165) is 11.4 Å². The van der Waals surface area contributed by atoms with Gasteiger partial charge in [0, 0.05) is 29.2 Å². The standard InChI is InChI=1S/C17H16ClN5O/c18-13-7-4-8-14(11-13)20-17(24)19-10-9-15-21-16(23-22-15)12-5-2-1-3-6-12/h1-8,11H,9-10H2,(H2,19,20,24)(H,21,22,23). The second kappa shape index (κ2) is 7.61. The number of nitrogens with one attached hydrogen (secondary N) is 3. The van der Waals surface area contributed by atoms with E-state index in [1.807, 2.05) is 30.3 Å². The molecule has 3 N–H and O–H groups in total. The molecule has 0 saturated carbocycles. The summed E-state index contributed by atoms with van der Waals surface area (Å²) in [5, 5.41) is 13.1. The topological polar surface area (TPSA) is 82.7 Å². The highest BCUT2D eigenvalue weighted by Crippen LogP contribution is 2.15. The number of carbonyl (C=O) groups excluding carboxylic acids is 1. The maximum Gasteiger partial charge on any atom is 0.319 e. The Hall–Kier alpha value is -2.86. The van der Waals surface area contributed by atoms with Crippen molar-refractivity contribution in [1.82, 2.24) is 20.5 Å². The molecule has 0 spiro atoms. The highest BCUT2D eigenvalue weighted by Gasteiger charge is 2.06. The van der Waals surface area contributed by atoms with Crippen molar-refractivity contribution >= 4 is 23.3 Å². The highest BCUT2D eigenvalue weighted by atomic mass is 35.5. The normalized spacial score (nSPS) is 10.4. The van der Waals surface area contributed by atoms with E-state index >= 15 is 0 Å². The number of rotatable bonds is 5. The van der Waals surface area contributed by atoms with Gasteiger partial charge >= 0.3 is 6.03 Å². The maximum atomic E-state index is 11.8. The SMILES string of the molecule is O=C(NCCc1nc(-c2ccccc2)n[nH]1)Nc1cccc(Cl)c1. The number of H-pyrrole nitrogens is 1. The number of amides is 2. The van der Waals surface area contributed by atoms with Gasteiger partial charge in [-0.3, -0.25) is 5.10 Å². The molecule has 3 rings (SSSR count). The van der Waals surface area contributed by atoms with Crippen LogP contribution in [0.25, 0.3) is 11.4 Å². The number of benzene rings is 2. The van der Waals surface area contributed by atoms with Crippen molar-refractivity contribution in [3.8, 4) is 11.4 Å². The number of anilines is 1. The molecule has 1 aromatic heterocycles. The third-order valence-electron chi connectivity index (χ3n) is 3.29. The Morgan fingerprint density at radius 2 is 1.96 bits per heavy atom. The van der Waals surface area contributed by atoms with Gasteiger partial charge in [0.2, 0.25) is 0 Å². The van der Waals surface area contributed by atoms with Gasteiger partial charge in [-0.05, 0) is 18.2 Å². The third kappa shape index (κ3) is 4.33. The molecular weight excluding hydrogens is 326 g/mol. The molecule has 0 unspecified atom stereocenters. The third-order valence-corrected chi connectivity index (χ3v) is 3.53. The van der Waals surface area contributed by atoms with E-state index in [1.165, 1.54) is 0 Å². The van der Waals surface area contributed by atoms with Crippen molar-refractivity contribution in [2.75, 3.05) is 11.9 Å². The van der Waals surface area contributed by atoms with Crippen molar-refractivity contribution in [2.45, 2.75) is 6.42 Å². The molecule has 0 fully saturated rings. The molecule has 0 saturated heterocycles. The van der Waals surface area contributed by atoms with Crippen LogP contribution in [0.15, 0.2) is 54.6 Å². The molecule has 7 heteroatoms. The average Bonchev–Trinajstić information content (AvgIpc) is 3.04. The van der Waals surface area contributed by atoms with E-state index in [0.29, 0.717) is 29.5 Å². The largest absolute Gasteiger partial charge is 0.337 e. The number of hydrogen-bond acceptors (Lipinski definition) is 3. The van der Waals surface area contributed by atoms with Gasteiger partial charge in [-0.2, -0.15) is 5.10 Å². The summed E-state index contributed by atoms with van der Waals surface area (Å²) < 4.78 is 0. The van der Waals surface area contributed by atoms with Gasteiger partial charge in [0.15, 0.2) is 5.82 Å². The minimum atomic E-state index is -0.292. The van der Waals surface area contributed by atoms with Gasteiger partial charge in [0.25, 0.3) is 0 Å². The fourth-order valence-corrected chi connectivity index (χ4v) is 2.35. The quantitative estimate of drug-likeness (QED) is 0.664. The fraction of sp³-hybridized carbons (Fsp3) is 0.118. The summed E-state index contributed by atoms with van der Waals surface area (Å²) in [6.45, 7) is 0.440. The van der Waals surface area contributed by atoms with Crippen molar-refractivity contribution in [3.05, 3.63) is 65.4 Å². The van der Waals surface area contributed by atoms with Crippen LogP contribution in [0.2, 0.25) is 5.02 Å². The average molecular weight is 342 g/mol. The highest BCUT2D eigenvalue weighted by molar-refractivity contribution is 6.30. The van der Waals surface area contributed by atoms with Gasteiger partial charge in [-0.15, -0.1) is 0 Å². The summed E-state index contributed by atoms with van der Waals surface area (Å²) >= 11 is 5.87. The number of aromatic amines is 1. The predicted molar refractivity (Wildman–Crippen MR) is 94.0 cm³/mol. The Kier molecular flexibility index (Phi) is 5.08. The monoisotopic (exact) mass is 341 g/mol. The van der Waals surface area contributed by atoms with E-state index in [-0.39, 0.29) is 6.03 Å². The molecule has 24 heavy (non-hydrogen) atoms. The van der Waals surface area contributed by atoms with Crippen LogP contribution < -0.4 is 10.6 Å². The van der Waals surface area contributed by atoms with Gasteiger partial charge in [0.05, 0.1) is 0 Å². The maximum absolute atomic E-state index is 11.8. The molecule has 6 nitrogen and oxygen atoms in total. The minimum absolute atomic E-state index is 0.292. The van der Waals surface area contributed by atoms with Crippen molar-refractivity contribution in [3.63, 3.8) is 0 Å². The van der Waals surface area contributed by atoms with Crippen LogP contribution in [0.3, 0.4) is 0 Å². The van der Waals surface area contributed by atoms with Crippen LogP contribution in [0.4, 0.5) is 10.5 Å². The molecular formula is C17H16ClN5O. The first-order valence-electron chi connectivity index (χ1n) is 7.48. The second-order valence-corrected chi connectivity index (χ2v) is 5.55. The summed E-state index contributed by atoms with van der Waals surface area (Å²) in [4.78, 5) is 16.2. The van der Waals surface area contributed by atoms with Crippen molar-refractivity contribution in [1.29, 1.82) is 0 Å². The Labute approximate surface area is 144 Å². The van der Waals surface area contributed by atoms with E-state index in [9.17, 15) is 4.79 Å². The van der Waals surface area contributed by atoms with Crippen LogP contribution in [-0.2, 0) is 6.42 Å². The second-order valence-electron chi connectivity index (χ2n) is 5.11. The number of carbonyl (C=O) groups is 1. The lowest BCUT2D eigenvalue weighted by atomic mass is 10.2. The molecule has 0 aliphatic rings. The van der Waals surface area contributed by atoms with Gasteiger partial charge < -0.3 is 10.6 Å². The predicted octanol–water partition coefficient (Wildman–Crippen LogP) is 3.49. The van der Waals surface area contributed by atoms with Gasteiger partial charge in [-0.25, -0.2) is 9.78 Å². The first-order chi connectivity index (χ1) is 11.7. The Morgan fingerprint density at radius 3 is 2.75 bits per heavy atom. The van der Waals surface area contributed by atoms with E-state index < -0.39 is 0 Å².